The normalized spacial score (nSPS) is 14.3. The first-order valence-electron chi connectivity index (χ1n) is 10.1. The Morgan fingerprint density at radius 3 is 2.47 bits per heavy atom. The van der Waals surface area contributed by atoms with E-state index in [2.05, 4.69) is 49.8 Å². The van der Waals surface area contributed by atoms with Gasteiger partial charge in [0.2, 0.25) is 0 Å². The molecule has 7 heteroatoms. The molecule has 7 nitrogen and oxygen atoms in total. The molecule has 4 rings (SSSR count). The monoisotopic (exact) mass is 405 g/mol. The van der Waals surface area contributed by atoms with E-state index in [1.807, 2.05) is 30.3 Å². The quantitative estimate of drug-likeness (QED) is 0.607. The van der Waals surface area contributed by atoms with E-state index in [4.69, 9.17) is 9.47 Å². The number of nitrogens with zero attached hydrogens (tertiary/aromatic N) is 3. The predicted molar refractivity (Wildman–Crippen MR) is 120 cm³/mol. The van der Waals surface area contributed by atoms with Crippen molar-refractivity contribution in [2.75, 3.05) is 42.8 Å². The van der Waals surface area contributed by atoms with Crippen LogP contribution in [-0.4, -0.2) is 43.3 Å². The van der Waals surface area contributed by atoms with E-state index in [0.29, 0.717) is 11.8 Å². The van der Waals surface area contributed by atoms with E-state index in [1.165, 1.54) is 5.69 Å². The maximum absolute atomic E-state index is 5.46. The lowest BCUT2D eigenvalue weighted by atomic mass is 10.0. The maximum Gasteiger partial charge on any atom is 0.146 e. The van der Waals surface area contributed by atoms with Crippen molar-refractivity contribution in [3.63, 3.8) is 0 Å². The van der Waals surface area contributed by atoms with Crippen molar-refractivity contribution in [2.45, 2.75) is 18.9 Å². The van der Waals surface area contributed by atoms with Gasteiger partial charge in [0.15, 0.2) is 0 Å². The number of anilines is 4. The van der Waals surface area contributed by atoms with Crippen molar-refractivity contribution in [1.29, 1.82) is 0 Å². The van der Waals surface area contributed by atoms with Gasteiger partial charge in [0, 0.05) is 37.0 Å². The van der Waals surface area contributed by atoms with E-state index >= 15 is 0 Å². The van der Waals surface area contributed by atoms with Gasteiger partial charge in [0.1, 0.15) is 29.5 Å². The number of piperidine rings is 1. The van der Waals surface area contributed by atoms with Crippen molar-refractivity contribution in [1.82, 2.24) is 9.97 Å². The second-order valence-electron chi connectivity index (χ2n) is 7.22. The summed E-state index contributed by atoms with van der Waals surface area (Å²) in [5.74, 6) is 3.10. The van der Waals surface area contributed by atoms with E-state index < -0.39 is 0 Å². The Bertz CT molecular complexity index is 959. The lowest BCUT2D eigenvalue weighted by Crippen LogP contribution is -2.39. The molecule has 2 aromatic carbocycles. The second-order valence-corrected chi connectivity index (χ2v) is 7.22. The van der Waals surface area contributed by atoms with Crippen molar-refractivity contribution < 1.29 is 9.47 Å². The van der Waals surface area contributed by atoms with E-state index in [9.17, 15) is 0 Å². The summed E-state index contributed by atoms with van der Waals surface area (Å²) in [5.41, 5.74) is 2.01. The van der Waals surface area contributed by atoms with Crippen LogP contribution in [0.4, 0.5) is 23.0 Å². The molecule has 156 valence electrons. The Kier molecular flexibility index (Phi) is 6.17. The Morgan fingerprint density at radius 1 is 0.933 bits per heavy atom. The summed E-state index contributed by atoms with van der Waals surface area (Å²) < 4.78 is 10.7. The van der Waals surface area contributed by atoms with Crippen molar-refractivity contribution in [3.8, 4) is 11.5 Å². The number of benzene rings is 2. The number of hydrogen-bond acceptors (Lipinski definition) is 7. The number of hydrogen-bond donors (Lipinski definition) is 2. The van der Waals surface area contributed by atoms with Gasteiger partial charge in [-0.15, -0.1) is 0 Å². The molecule has 1 aromatic heterocycles. The Hall–Kier alpha value is -3.48. The number of rotatable bonds is 7. The SMILES string of the molecule is COc1ccc(Nc2cc(N3CCC(Nc4ccccc4)CC3)ncn2)c(OC)c1. The van der Waals surface area contributed by atoms with Gasteiger partial charge in [0.05, 0.1) is 19.9 Å². The smallest absolute Gasteiger partial charge is 0.146 e. The molecule has 1 saturated heterocycles. The molecule has 2 heterocycles. The van der Waals surface area contributed by atoms with Gasteiger partial charge in [-0.2, -0.15) is 0 Å². The molecule has 0 amide bonds. The van der Waals surface area contributed by atoms with E-state index in [-0.39, 0.29) is 0 Å². The first-order chi connectivity index (χ1) is 14.7. The molecule has 1 aliphatic heterocycles. The average Bonchev–Trinajstić information content (AvgIpc) is 2.81. The van der Waals surface area contributed by atoms with Crippen molar-refractivity contribution >= 4 is 23.0 Å². The fourth-order valence-corrected chi connectivity index (χ4v) is 3.65. The third-order valence-electron chi connectivity index (χ3n) is 5.29. The van der Waals surface area contributed by atoms with Crippen LogP contribution < -0.4 is 25.0 Å². The molecule has 3 aromatic rings. The summed E-state index contributed by atoms with van der Waals surface area (Å²) >= 11 is 0. The summed E-state index contributed by atoms with van der Waals surface area (Å²) in [4.78, 5) is 11.2. The third kappa shape index (κ3) is 4.74. The maximum atomic E-state index is 5.46. The highest BCUT2D eigenvalue weighted by atomic mass is 16.5. The highest BCUT2D eigenvalue weighted by Gasteiger charge is 2.20. The molecule has 0 aliphatic carbocycles. The molecular formula is C23H27N5O2. The summed E-state index contributed by atoms with van der Waals surface area (Å²) in [6.45, 7) is 1.90. The van der Waals surface area contributed by atoms with Crippen LogP contribution in [0.2, 0.25) is 0 Å². The summed E-state index contributed by atoms with van der Waals surface area (Å²) in [6.07, 6.45) is 3.73. The first kappa shape index (κ1) is 19.8. The summed E-state index contributed by atoms with van der Waals surface area (Å²) in [6, 6.07) is 18.5. The molecule has 0 bridgehead atoms. The van der Waals surface area contributed by atoms with Gasteiger partial charge < -0.3 is 25.0 Å². The highest BCUT2D eigenvalue weighted by Crippen LogP contribution is 2.31. The standard InChI is InChI=1S/C23H27N5O2/c1-29-19-8-9-20(21(14-19)30-2)27-22-15-23(25-16-24-22)28-12-10-18(11-13-28)26-17-6-4-3-5-7-17/h3-9,14-16,18,26H,10-13H2,1-2H3,(H,24,25,27). The van der Waals surface area contributed by atoms with Crippen LogP contribution in [0.1, 0.15) is 12.8 Å². The van der Waals surface area contributed by atoms with Gasteiger partial charge in [0.25, 0.3) is 0 Å². The number of methoxy groups -OCH3 is 2. The zero-order valence-corrected chi connectivity index (χ0v) is 17.3. The largest absolute Gasteiger partial charge is 0.497 e. The molecule has 1 fully saturated rings. The van der Waals surface area contributed by atoms with Crippen molar-refractivity contribution in [3.05, 3.63) is 60.9 Å². The summed E-state index contributed by atoms with van der Waals surface area (Å²) in [5, 5.41) is 6.95. The molecule has 0 spiro atoms. The van der Waals surface area contributed by atoms with Crippen LogP contribution in [-0.2, 0) is 0 Å². The number of para-hydroxylation sites is 1. The molecule has 0 unspecified atom stereocenters. The average molecular weight is 406 g/mol. The molecule has 0 atom stereocenters. The summed E-state index contributed by atoms with van der Waals surface area (Å²) in [7, 11) is 3.27. The predicted octanol–water partition coefficient (Wildman–Crippen LogP) is 4.32. The highest BCUT2D eigenvalue weighted by molar-refractivity contribution is 5.67. The van der Waals surface area contributed by atoms with Crippen LogP contribution >= 0.6 is 0 Å². The molecular weight excluding hydrogens is 378 g/mol. The van der Waals surface area contributed by atoms with Crippen LogP contribution in [0.25, 0.3) is 0 Å². The van der Waals surface area contributed by atoms with Crippen LogP contribution in [0.15, 0.2) is 60.9 Å². The van der Waals surface area contributed by atoms with E-state index in [0.717, 1.165) is 49.0 Å². The zero-order chi connectivity index (χ0) is 20.8. The first-order valence-corrected chi connectivity index (χ1v) is 10.1. The third-order valence-corrected chi connectivity index (χ3v) is 5.29. The van der Waals surface area contributed by atoms with Gasteiger partial charge >= 0.3 is 0 Å². The fourth-order valence-electron chi connectivity index (χ4n) is 3.65. The van der Waals surface area contributed by atoms with Crippen LogP contribution in [0, 0.1) is 0 Å². The van der Waals surface area contributed by atoms with Crippen LogP contribution in [0.5, 0.6) is 11.5 Å². The topological polar surface area (TPSA) is 71.5 Å². The molecule has 30 heavy (non-hydrogen) atoms. The van der Waals surface area contributed by atoms with Gasteiger partial charge in [-0.25, -0.2) is 9.97 Å². The molecule has 2 N–H and O–H groups in total. The van der Waals surface area contributed by atoms with Crippen LogP contribution in [0.3, 0.4) is 0 Å². The number of aromatic nitrogens is 2. The Morgan fingerprint density at radius 2 is 1.73 bits per heavy atom. The minimum Gasteiger partial charge on any atom is -0.497 e. The number of nitrogens with one attached hydrogen (secondary N) is 2. The molecule has 1 aliphatic rings. The Labute approximate surface area is 177 Å². The van der Waals surface area contributed by atoms with Gasteiger partial charge in [-0.3, -0.25) is 0 Å². The second kappa shape index (κ2) is 9.35. The minimum absolute atomic E-state index is 0.478. The molecule has 0 saturated carbocycles. The Balaban J connectivity index is 1.39. The van der Waals surface area contributed by atoms with Gasteiger partial charge in [-0.1, -0.05) is 18.2 Å². The van der Waals surface area contributed by atoms with Gasteiger partial charge in [-0.05, 0) is 37.1 Å². The number of ether oxygens (including phenoxy) is 2. The van der Waals surface area contributed by atoms with Crippen molar-refractivity contribution in [2.24, 2.45) is 0 Å². The van der Waals surface area contributed by atoms with E-state index in [1.54, 1.807) is 20.5 Å². The lowest BCUT2D eigenvalue weighted by Gasteiger charge is -2.33. The minimum atomic E-state index is 0.478. The fraction of sp³-hybridized carbons (Fsp3) is 0.304. The lowest BCUT2D eigenvalue weighted by molar-refractivity contribution is 0.395. The zero-order valence-electron chi connectivity index (χ0n) is 17.3. The molecule has 0 radical (unpaired) electrons.